The summed E-state index contributed by atoms with van der Waals surface area (Å²) in [6.45, 7) is 3.78. The van der Waals surface area contributed by atoms with E-state index in [4.69, 9.17) is 32.3 Å². The van der Waals surface area contributed by atoms with Crippen molar-refractivity contribution in [3.63, 3.8) is 0 Å². The molecule has 11 nitrogen and oxygen atoms in total. The molecule has 5 N–H and O–H groups in total. The predicted molar refractivity (Wildman–Crippen MR) is 135 cm³/mol. The molecule has 0 aliphatic heterocycles. The van der Waals surface area contributed by atoms with Crippen LogP contribution in [0.5, 0.6) is 5.75 Å². The van der Waals surface area contributed by atoms with Crippen LogP contribution in [0, 0.1) is 0 Å². The Morgan fingerprint density at radius 3 is 2.61 bits per heavy atom. The topological polar surface area (TPSA) is 164 Å². The fourth-order valence-corrected chi connectivity index (χ4v) is 3.86. The van der Waals surface area contributed by atoms with Gasteiger partial charge >= 0.3 is 0 Å². The zero-order valence-corrected chi connectivity index (χ0v) is 20.5. The first-order valence-corrected chi connectivity index (χ1v) is 11.3. The minimum atomic E-state index is -0.680. The van der Waals surface area contributed by atoms with E-state index < -0.39 is 5.91 Å². The van der Waals surface area contributed by atoms with Crippen molar-refractivity contribution in [1.29, 1.82) is 0 Å². The maximum absolute atomic E-state index is 12.5. The van der Waals surface area contributed by atoms with Crippen molar-refractivity contribution >= 4 is 35.1 Å². The number of primary amides is 1. The van der Waals surface area contributed by atoms with Crippen LogP contribution in [0.25, 0.3) is 22.5 Å². The number of nitrogens with two attached hydrogens (primary N) is 2. The Morgan fingerprint density at radius 2 is 2.00 bits per heavy atom. The monoisotopic (exact) mass is 509 g/mol. The van der Waals surface area contributed by atoms with E-state index in [2.05, 4.69) is 20.6 Å². The van der Waals surface area contributed by atoms with Crippen LogP contribution in [0.3, 0.4) is 0 Å². The number of hydrogen-bond donors (Lipinski definition) is 3. The van der Waals surface area contributed by atoms with Gasteiger partial charge in [0.15, 0.2) is 0 Å². The van der Waals surface area contributed by atoms with Gasteiger partial charge in [0.05, 0.1) is 18.6 Å². The quantitative estimate of drug-likeness (QED) is 0.323. The summed E-state index contributed by atoms with van der Waals surface area (Å²) in [7, 11) is 1.55. The summed E-state index contributed by atoms with van der Waals surface area (Å²) in [4.78, 5) is 28.8. The van der Waals surface area contributed by atoms with Crippen LogP contribution in [0.1, 0.15) is 35.9 Å². The maximum atomic E-state index is 12.5. The Hall–Kier alpha value is -4.38. The summed E-state index contributed by atoms with van der Waals surface area (Å²) in [6, 6.07) is 10.0. The summed E-state index contributed by atoms with van der Waals surface area (Å²) >= 11 is 6.28. The second-order valence-corrected chi connectivity index (χ2v) is 8.60. The van der Waals surface area contributed by atoms with Crippen molar-refractivity contribution in [2.45, 2.75) is 26.3 Å². The molecule has 12 heteroatoms. The number of rotatable bonds is 8. The highest BCUT2D eigenvalue weighted by Gasteiger charge is 2.23. The molecule has 1 aromatic carbocycles. The number of aromatic nitrogens is 4. The molecule has 4 aromatic rings. The van der Waals surface area contributed by atoms with E-state index in [0.717, 1.165) is 0 Å². The van der Waals surface area contributed by atoms with Crippen molar-refractivity contribution in [3.8, 4) is 28.3 Å². The molecule has 0 bridgehead atoms. The Morgan fingerprint density at radius 1 is 1.22 bits per heavy atom. The van der Waals surface area contributed by atoms with Crippen molar-refractivity contribution in [1.82, 2.24) is 19.9 Å². The molecule has 0 radical (unpaired) electrons. The molecule has 0 fully saturated rings. The van der Waals surface area contributed by atoms with Crippen molar-refractivity contribution in [2.24, 2.45) is 5.73 Å². The number of pyridine rings is 1. The van der Waals surface area contributed by atoms with E-state index in [1.165, 1.54) is 10.9 Å². The Balaban J connectivity index is 1.46. The number of benzene rings is 1. The van der Waals surface area contributed by atoms with E-state index in [0.29, 0.717) is 39.0 Å². The molecule has 36 heavy (non-hydrogen) atoms. The SMILES string of the molecule is COc1ccc(-c2cc(NC(=O)Cc3ccc(-c4nn(C(C)C)c(N)c4C(N)=O)cn3)on2)c(Cl)c1. The standard InChI is InChI=1S/C24H24ClN7O4/c1-12(2)32-23(26)21(24(27)34)22(30-32)13-4-5-14(28-11-13)8-19(33)29-20-10-18(31-36-20)16-7-6-15(35-3)9-17(16)25/h4-7,9-12H,8,26H2,1-3H3,(H2,27,34)(H,29,33). The van der Waals surface area contributed by atoms with Gasteiger partial charge in [0.2, 0.25) is 11.8 Å². The number of carbonyl (C=O) groups excluding carboxylic acids is 2. The second kappa shape index (κ2) is 10.1. The Labute approximate surface area is 211 Å². The lowest BCUT2D eigenvalue weighted by molar-refractivity contribution is -0.115. The van der Waals surface area contributed by atoms with Crippen molar-refractivity contribution in [2.75, 3.05) is 18.2 Å². The van der Waals surface area contributed by atoms with Crippen LogP contribution >= 0.6 is 11.6 Å². The van der Waals surface area contributed by atoms with Crippen LogP contribution < -0.4 is 21.5 Å². The largest absolute Gasteiger partial charge is 0.497 e. The highest BCUT2D eigenvalue weighted by Crippen LogP contribution is 2.32. The van der Waals surface area contributed by atoms with Crippen LogP contribution in [0.15, 0.2) is 47.1 Å². The van der Waals surface area contributed by atoms with Crippen LogP contribution in [-0.2, 0) is 11.2 Å². The number of nitrogen functional groups attached to an aromatic ring is 1. The average molecular weight is 510 g/mol. The molecule has 0 saturated heterocycles. The van der Waals surface area contributed by atoms with E-state index in [9.17, 15) is 9.59 Å². The number of methoxy groups -OCH3 is 1. The zero-order valence-electron chi connectivity index (χ0n) is 19.8. The molecule has 0 spiro atoms. The number of amides is 2. The third-order valence-corrected chi connectivity index (χ3v) is 5.66. The molecule has 0 atom stereocenters. The van der Waals surface area contributed by atoms with E-state index >= 15 is 0 Å². The molecule has 3 heterocycles. The van der Waals surface area contributed by atoms with Crippen LogP contribution in [0.2, 0.25) is 5.02 Å². The van der Waals surface area contributed by atoms with E-state index in [1.54, 1.807) is 43.5 Å². The normalized spacial score (nSPS) is 11.0. The zero-order chi connectivity index (χ0) is 26.0. The number of nitrogens with zero attached hydrogens (tertiary/aromatic N) is 4. The average Bonchev–Trinajstić information content (AvgIpc) is 3.43. The van der Waals surface area contributed by atoms with Gasteiger partial charge < -0.3 is 20.7 Å². The molecular weight excluding hydrogens is 486 g/mol. The fraction of sp³-hybridized carbons (Fsp3) is 0.208. The number of ether oxygens (including phenoxy) is 1. The van der Waals surface area contributed by atoms with Crippen LogP contribution in [-0.4, -0.2) is 38.8 Å². The highest BCUT2D eigenvalue weighted by atomic mass is 35.5. The van der Waals surface area contributed by atoms with Crippen molar-refractivity contribution in [3.05, 3.63) is 58.9 Å². The van der Waals surface area contributed by atoms with Gasteiger partial charge in [-0.3, -0.25) is 19.9 Å². The number of anilines is 2. The van der Waals surface area contributed by atoms with Gasteiger partial charge in [0, 0.05) is 35.1 Å². The first-order chi connectivity index (χ1) is 17.2. The minimum Gasteiger partial charge on any atom is -0.497 e. The van der Waals surface area contributed by atoms with Crippen LogP contribution in [0.4, 0.5) is 11.7 Å². The van der Waals surface area contributed by atoms with E-state index in [-0.39, 0.29) is 35.6 Å². The lowest BCUT2D eigenvalue weighted by Gasteiger charge is -2.06. The highest BCUT2D eigenvalue weighted by molar-refractivity contribution is 6.33. The van der Waals surface area contributed by atoms with Gasteiger partial charge in [-0.15, -0.1) is 0 Å². The fourth-order valence-electron chi connectivity index (χ4n) is 3.59. The number of hydrogen-bond acceptors (Lipinski definition) is 8. The first kappa shape index (κ1) is 24.7. The molecule has 4 rings (SSSR count). The molecule has 0 aliphatic rings. The molecule has 2 amide bonds. The third-order valence-electron chi connectivity index (χ3n) is 5.35. The smallest absolute Gasteiger partial charge is 0.254 e. The van der Waals surface area contributed by atoms with Crippen molar-refractivity contribution < 1.29 is 18.8 Å². The van der Waals surface area contributed by atoms with Gasteiger partial charge in [0.1, 0.15) is 28.5 Å². The molecule has 3 aromatic heterocycles. The Kier molecular flexibility index (Phi) is 6.93. The molecule has 186 valence electrons. The lowest BCUT2D eigenvalue weighted by atomic mass is 10.1. The van der Waals surface area contributed by atoms with Gasteiger partial charge in [-0.05, 0) is 44.2 Å². The molecule has 0 saturated carbocycles. The summed E-state index contributed by atoms with van der Waals surface area (Å²) in [5.74, 6) is -0.0652. The first-order valence-electron chi connectivity index (χ1n) is 10.9. The number of carbonyl (C=O) groups is 2. The minimum absolute atomic E-state index is 0.0230. The van der Waals surface area contributed by atoms with E-state index in [1.807, 2.05) is 13.8 Å². The molecule has 0 unspecified atom stereocenters. The van der Waals surface area contributed by atoms with Gasteiger partial charge in [-0.25, -0.2) is 4.68 Å². The summed E-state index contributed by atoms with van der Waals surface area (Å²) < 4.78 is 11.9. The molecular formula is C24H24ClN7O4. The number of halogens is 1. The Bertz CT molecular complexity index is 1430. The second-order valence-electron chi connectivity index (χ2n) is 8.20. The third kappa shape index (κ3) is 5.01. The summed E-state index contributed by atoms with van der Waals surface area (Å²) in [6.07, 6.45) is 1.49. The lowest BCUT2D eigenvalue weighted by Crippen LogP contribution is -2.15. The van der Waals surface area contributed by atoms with Gasteiger partial charge in [0.25, 0.3) is 5.91 Å². The van der Waals surface area contributed by atoms with Gasteiger partial charge in [-0.1, -0.05) is 16.8 Å². The number of nitrogens with one attached hydrogen (secondary N) is 1. The maximum Gasteiger partial charge on any atom is 0.254 e. The summed E-state index contributed by atoms with van der Waals surface area (Å²) in [5.41, 5.74) is 14.2. The predicted octanol–water partition coefficient (Wildman–Crippen LogP) is 3.71. The molecule has 0 aliphatic carbocycles. The summed E-state index contributed by atoms with van der Waals surface area (Å²) in [5, 5.41) is 11.5. The van der Waals surface area contributed by atoms with Gasteiger partial charge in [-0.2, -0.15) is 5.10 Å².